The molecule has 128 valence electrons. The zero-order chi connectivity index (χ0) is 17.8. The van der Waals surface area contributed by atoms with E-state index < -0.39 is 0 Å². The van der Waals surface area contributed by atoms with Gasteiger partial charge in [-0.25, -0.2) is 0 Å². The Labute approximate surface area is 160 Å². The third-order valence-corrected chi connectivity index (χ3v) is 6.42. The number of hydrogen-bond donors (Lipinski definition) is 0. The molecular weight excluding hydrogens is 324 g/mol. The van der Waals surface area contributed by atoms with E-state index in [4.69, 9.17) is 0 Å². The van der Waals surface area contributed by atoms with Crippen molar-refractivity contribution in [1.82, 2.24) is 0 Å². The first-order chi connectivity index (χ1) is 13.3. The lowest BCUT2D eigenvalue weighted by molar-refractivity contribution is 0.728. The van der Waals surface area contributed by atoms with Gasteiger partial charge >= 0.3 is 0 Å². The van der Waals surface area contributed by atoms with E-state index in [9.17, 15) is 0 Å². The molecule has 2 aliphatic rings. The molecule has 0 radical (unpaired) electrons. The molecule has 27 heavy (non-hydrogen) atoms. The maximum atomic E-state index is 2.42. The van der Waals surface area contributed by atoms with E-state index in [-0.39, 0.29) is 0 Å². The van der Waals surface area contributed by atoms with Crippen molar-refractivity contribution in [2.45, 2.75) is 25.2 Å². The molecule has 0 N–H and O–H groups in total. The van der Waals surface area contributed by atoms with Crippen LogP contribution in [0, 0.1) is 5.92 Å². The summed E-state index contributed by atoms with van der Waals surface area (Å²) in [6, 6.07) is 32.1. The van der Waals surface area contributed by atoms with E-state index in [1.165, 1.54) is 63.4 Å². The van der Waals surface area contributed by atoms with E-state index in [2.05, 4.69) is 84.9 Å². The normalized spacial score (nSPS) is 17.5. The van der Waals surface area contributed by atoms with Crippen molar-refractivity contribution in [3.8, 4) is 22.3 Å². The highest BCUT2D eigenvalue weighted by Gasteiger charge is 2.32. The lowest BCUT2D eigenvalue weighted by atomic mass is 9.89. The molecule has 0 amide bonds. The van der Waals surface area contributed by atoms with E-state index in [1.807, 2.05) is 0 Å². The zero-order valence-electron chi connectivity index (χ0n) is 15.3. The second-order valence-electron chi connectivity index (χ2n) is 8.03. The molecule has 0 heterocycles. The fraction of sp³-hybridized carbons (Fsp3) is 0.148. The molecular formula is C27H21+. The van der Waals surface area contributed by atoms with Gasteiger partial charge in [-0.1, -0.05) is 48.5 Å². The van der Waals surface area contributed by atoms with Gasteiger partial charge in [0, 0.05) is 36.3 Å². The van der Waals surface area contributed by atoms with Gasteiger partial charge in [0.1, 0.15) is 5.56 Å². The highest BCUT2D eigenvalue weighted by molar-refractivity contribution is 5.91. The summed E-state index contributed by atoms with van der Waals surface area (Å²) in [5.74, 6) is 2.26. The molecule has 1 saturated carbocycles. The summed E-state index contributed by atoms with van der Waals surface area (Å²) in [5, 5.41) is 2.62. The summed E-state index contributed by atoms with van der Waals surface area (Å²) < 4.78 is 0. The molecule has 0 aliphatic heterocycles. The summed E-state index contributed by atoms with van der Waals surface area (Å²) >= 11 is 0. The van der Waals surface area contributed by atoms with Gasteiger partial charge in [-0.3, -0.25) is 0 Å². The van der Waals surface area contributed by atoms with Crippen LogP contribution < -0.4 is 0 Å². The van der Waals surface area contributed by atoms with Crippen molar-refractivity contribution in [2.24, 2.45) is 0 Å². The average molecular weight is 345 g/mol. The molecule has 4 aromatic rings. The van der Waals surface area contributed by atoms with E-state index in [0.29, 0.717) is 5.92 Å². The van der Waals surface area contributed by atoms with Crippen LogP contribution in [-0.2, 0) is 0 Å². The Bertz CT molecular complexity index is 1080. The van der Waals surface area contributed by atoms with Crippen LogP contribution in [0.5, 0.6) is 0 Å². The first kappa shape index (κ1) is 15.1. The number of fused-ring (bicyclic) bond motifs is 12. The van der Waals surface area contributed by atoms with Crippen molar-refractivity contribution in [3.63, 3.8) is 0 Å². The summed E-state index contributed by atoms with van der Waals surface area (Å²) in [4.78, 5) is 0. The second kappa shape index (κ2) is 5.76. The minimum absolute atomic E-state index is 0.646. The number of benzene rings is 4. The Morgan fingerprint density at radius 3 is 2.15 bits per heavy atom. The smallest absolute Gasteiger partial charge is 0.0614 e. The molecule has 9 bridgehead atoms. The maximum Gasteiger partial charge on any atom is 0.133 e. The van der Waals surface area contributed by atoms with Gasteiger partial charge < -0.3 is 0 Å². The first-order valence-electron chi connectivity index (χ1n) is 9.93. The molecule has 6 rings (SSSR count). The van der Waals surface area contributed by atoms with Crippen molar-refractivity contribution in [3.05, 3.63) is 102 Å². The molecule has 0 nitrogen and oxygen atoms in total. The van der Waals surface area contributed by atoms with Crippen LogP contribution in [0.1, 0.15) is 36.3 Å². The molecule has 0 heteroatoms. The Kier molecular flexibility index (Phi) is 3.22. The minimum Gasteiger partial charge on any atom is -0.0614 e. The molecule has 1 unspecified atom stereocenters. The monoisotopic (exact) mass is 345 g/mol. The van der Waals surface area contributed by atoms with Gasteiger partial charge in [-0.05, 0) is 63.7 Å². The number of rotatable bonds is 0. The first-order valence-corrected chi connectivity index (χ1v) is 9.93. The Morgan fingerprint density at radius 2 is 1.33 bits per heavy atom. The molecule has 1 fully saturated rings. The van der Waals surface area contributed by atoms with Crippen LogP contribution in [-0.4, -0.2) is 0 Å². The zero-order valence-corrected chi connectivity index (χ0v) is 15.3. The third-order valence-electron chi connectivity index (χ3n) is 6.42. The van der Waals surface area contributed by atoms with E-state index in [1.54, 1.807) is 5.92 Å². The van der Waals surface area contributed by atoms with Crippen LogP contribution in [0.4, 0.5) is 0 Å². The summed E-state index contributed by atoms with van der Waals surface area (Å²) in [6.07, 6.45) is 3.66. The summed E-state index contributed by atoms with van der Waals surface area (Å²) in [6.45, 7) is 0. The molecule has 0 spiro atoms. The van der Waals surface area contributed by atoms with Gasteiger partial charge in [0.15, 0.2) is 0 Å². The lowest BCUT2D eigenvalue weighted by Gasteiger charge is -2.13. The van der Waals surface area contributed by atoms with Crippen LogP contribution in [0.2, 0.25) is 0 Å². The standard InChI is InChI=1S/C27H21/c1-3-19-13-21(5-1)25-9-7-18-8-10-26(17-27(18)16-25)22-6-2-4-20(14-22)24-12-11-23(19)15-24/h1-10,13-14,16-17,23H,11-12,15H2/q+1. The van der Waals surface area contributed by atoms with Crippen molar-refractivity contribution in [2.75, 3.05) is 0 Å². The molecule has 0 aromatic heterocycles. The Morgan fingerprint density at radius 1 is 0.630 bits per heavy atom. The topological polar surface area (TPSA) is 0 Å². The Balaban J connectivity index is 1.65. The highest BCUT2D eigenvalue weighted by Crippen LogP contribution is 2.44. The van der Waals surface area contributed by atoms with E-state index >= 15 is 0 Å². The van der Waals surface area contributed by atoms with Gasteiger partial charge in [0.25, 0.3) is 0 Å². The van der Waals surface area contributed by atoms with Gasteiger partial charge in [0.05, 0.1) is 6.07 Å². The van der Waals surface area contributed by atoms with Crippen LogP contribution in [0.25, 0.3) is 33.0 Å². The summed E-state index contributed by atoms with van der Waals surface area (Å²) in [7, 11) is 0. The van der Waals surface area contributed by atoms with Crippen molar-refractivity contribution in [1.29, 1.82) is 0 Å². The minimum atomic E-state index is 0.646. The maximum absolute atomic E-state index is 2.42. The van der Waals surface area contributed by atoms with Gasteiger partial charge in [-0.2, -0.15) is 0 Å². The molecule has 4 aromatic carbocycles. The molecule has 0 saturated heterocycles. The van der Waals surface area contributed by atoms with E-state index in [0.717, 1.165) is 0 Å². The lowest BCUT2D eigenvalue weighted by Crippen LogP contribution is -1.97. The molecule has 1 atom stereocenters. The predicted octanol–water partition coefficient (Wildman–Crippen LogP) is 7.38. The van der Waals surface area contributed by atoms with Crippen molar-refractivity contribution >= 4 is 10.8 Å². The fourth-order valence-electron chi connectivity index (χ4n) is 4.89. The van der Waals surface area contributed by atoms with Crippen molar-refractivity contribution < 1.29 is 0 Å². The summed E-state index contributed by atoms with van der Waals surface area (Å²) in [5.41, 5.74) is 8.20. The SMILES string of the molecule is c1cc2cc(c1)[C+]1CCC(C1)c1cccc(c1)-c1ccc3ccc-2cc3c1. The van der Waals surface area contributed by atoms with Crippen LogP contribution >= 0.6 is 0 Å². The second-order valence-corrected chi connectivity index (χ2v) is 8.03. The number of hydrogen-bond acceptors (Lipinski definition) is 0. The largest absolute Gasteiger partial charge is 0.133 e. The predicted molar refractivity (Wildman–Crippen MR) is 114 cm³/mol. The third kappa shape index (κ3) is 2.48. The van der Waals surface area contributed by atoms with Gasteiger partial charge in [0.2, 0.25) is 0 Å². The molecule has 2 aliphatic carbocycles. The Hall–Kier alpha value is -2.99. The van der Waals surface area contributed by atoms with Gasteiger partial charge in [-0.15, -0.1) is 0 Å². The quantitative estimate of drug-likeness (QED) is 0.292. The highest BCUT2D eigenvalue weighted by atomic mass is 14.3. The fourth-order valence-corrected chi connectivity index (χ4v) is 4.89. The average Bonchev–Trinajstić information content (AvgIpc) is 3.23. The van der Waals surface area contributed by atoms with Crippen LogP contribution in [0.15, 0.2) is 84.9 Å². The van der Waals surface area contributed by atoms with Crippen LogP contribution in [0.3, 0.4) is 0 Å².